The highest BCUT2D eigenvalue weighted by Crippen LogP contribution is 2.28. The maximum absolute atomic E-state index is 14.0. The molecule has 2 aromatic carbocycles. The van der Waals surface area contributed by atoms with Gasteiger partial charge in [-0.25, -0.2) is 8.78 Å². The first-order valence-corrected chi connectivity index (χ1v) is 8.62. The molecule has 0 unspecified atom stereocenters. The minimum atomic E-state index is -0.776. The van der Waals surface area contributed by atoms with E-state index in [1.807, 2.05) is 18.2 Å². The second-order valence-corrected chi connectivity index (χ2v) is 6.57. The zero-order chi connectivity index (χ0) is 17.8. The van der Waals surface area contributed by atoms with Gasteiger partial charge in [-0.3, -0.25) is 0 Å². The highest BCUT2D eigenvalue weighted by atomic mass is 79.9. The number of halogens is 3. The molecule has 1 N–H and O–H groups in total. The summed E-state index contributed by atoms with van der Waals surface area (Å²) < 4.78 is 34.4. The van der Waals surface area contributed by atoms with Gasteiger partial charge in [0.05, 0.1) is 24.8 Å². The van der Waals surface area contributed by atoms with Crippen molar-refractivity contribution < 1.29 is 13.5 Å². The van der Waals surface area contributed by atoms with Gasteiger partial charge in [-0.1, -0.05) is 22.0 Å². The third-order valence-electron chi connectivity index (χ3n) is 4.03. The quantitative estimate of drug-likeness (QED) is 0.830. The Labute approximate surface area is 153 Å². The molecule has 0 aromatic heterocycles. The molecule has 0 radical (unpaired) electrons. The highest BCUT2D eigenvalue weighted by Gasteiger charge is 2.16. The van der Waals surface area contributed by atoms with Crippen LogP contribution >= 0.6 is 15.9 Å². The minimum absolute atomic E-state index is 0.0433. The van der Waals surface area contributed by atoms with E-state index in [9.17, 15) is 8.78 Å². The lowest BCUT2D eigenvalue weighted by atomic mass is 10.1. The van der Waals surface area contributed by atoms with Crippen LogP contribution in [0.15, 0.2) is 34.8 Å². The van der Waals surface area contributed by atoms with E-state index in [1.165, 1.54) is 0 Å². The fourth-order valence-electron chi connectivity index (χ4n) is 2.78. The third kappa shape index (κ3) is 4.09. The van der Waals surface area contributed by atoms with Crippen LogP contribution in [0.2, 0.25) is 0 Å². The first kappa shape index (κ1) is 17.6. The fraction of sp³-hybridized carbons (Fsp3) is 0.278. The highest BCUT2D eigenvalue weighted by molar-refractivity contribution is 9.10. The summed E-state index contributed by atoms with van der Waals surface area (Å²) in [6.07, 6.45) is 0. The number of hydrogen-bond acceptors (Lipinski definition) is 4. The molecule has 0 atom stereocenters. The van der Waals surface area contributed by atoms with Gasteiger partial charge in [-0.05, 0) is 29.8 Å². The molecule has 1 fully saturated rings. The molecule has 2 aromatic rings. The Morgan fingerprint density at radius 3 is 2.48 bits per heavy atom. The van der Waals surface area contributed by atoms with Gasteiger partial charge in [-0.2, -0.15) is 5.26 Å². The minimum Gasteiger partial charge on any atom is -0.378 e. The number of morpholine rings is 1. The zero-order valence-corrected chi connectivity index (χ0v) is 14.9. The van der Waals surface area contributed by atoms with Gasteiger partial charge in [-0.15, -0.1) is 0 Å². The second-order valence-electron chi connectivity index (χ2n) is 5.65. The van der Waals surface area contributed by atoms with Crippen molar-refractivity contribution in [1.82, 2.24) is 0 Å². The van der Waals surface area contributed by atoms with Crippen LogP contribution in [-0.2, 0) is 11.3 Å². The van der Waals surface area contributed by atoms with E-state index in [2.05, 4.69) is 26.1 Å². The zero-order valence-electron chi connectivity index (χ0n) is 13.4. The van der Waals surface area contributed by atoms with Crippen LogP contribution in [-0.4, -0.2) is 26.3 Å². The molecular weight excluding hydrogens is 392 g/mol. The van der Waals surface area contributed by atoms with Crippen molar-refractivity contribution in [3.63, 3.8) is 0 Å². The van der Waals surface area contributed by atoms with E-state index in [4.69, 9.17) is 10.00 Å². The van der Waals surface area contributed by atoms with Gasteiger partial charge in [0.25, 0.3) is 0 Å². The molecule has 1 heterocycles. The molecule has 1 saturated heterocycles. The summed E-state index contributed by atoms with van der Waals surface area (Å²) >= 11 is 3.47. The van der Waals surface area contributed by atoms with Crippen molar-refractivity contribution in [3.8, 4) is 6.07 Å². The number of rotatable bonds is 4. The summed E-state index contributed by atoms with van der Waals surface area (Å²) in [5.41, 5.74) is 1.65. The molecule has 25 heavy (non-hydrogen) atoms. The van der Waals surface area contributed by atoms with E-state index < -0.39 is 11.6 Å². The molecule has 0 saturated carbocycles. The Kier molecular flexibility index (Phi) is 5.51. The van der Waals surface area contributed by atoms with Gasteiger partial charge < -0.3 is 15.0 Å². The maximum Gasteiger partial charge on any atom is 0.150 e. The lowest BCUT2D eigenvalue weighted by Gasteiger charge is -2.31. The van der Waals surface area contributed by atoms with Gasteiger partial charge in [0, 0.05) is 29.8 Å². The third-order valence-corrected chi connectivity index (χ3v) is 4.52. The second kappa shape index (κ2) is 7.81. The molecule has 130 valence electrons. The molecular formula is C18H16BrF2N3O. The summed E-state index contributed by atoms with van der Waals surface area (Å²) in [6, 6.07) is 9.59. The van der Waals surface area contributed by atoms with Gasteiger partial charge in [0.2, 0.25) is 0 Å². The van der Waals surface area contributed by atoms with E-state index in [1.54, 1.807) is 6.07 Å². The van der Waals surface area contributed by atoms with Crippen LogP contribution in [0.25, 0.3) is 0 Å². The number of hydrogen-bond donors (Lipinski definition) is 1. The van der Waals surface area contributed by atoms with Crippen LogP contribution in [0.3, 0.4) is 0 Å². The summed E-state index contributed by atoms with van der Waals surface area (Å²) in [5.74, 6) is -1.55. The van der Waals surface area contributed by atoms with Crippen molar-refractivity contribution in [1.29, 1.82) is 5.26 Å². The van der Waals surface area contributed by atoms with Gasteiger partial charge in [0.1, 0.15) is 5.69 Å². The smallest absolute Gasteiger partial charge is 0.150 e. The monoisotopic (exact) mass is 407 g/mol. The summed E-state index contributed by atoms with van der Waals surface area (Å²) in [5, 5.41) is 11.6. The number of nitrogens with one attached hydrogen (secondary N) is 1. The van der Waals surface area contributed by atoms with E-state index >= 15 is 0 Å². The standard InChI is InChI=1S/C18H16BrF2N3O/c19-14-2-1-13(17(9-14)24-3-5-25-6-4-24)11-23-18-15(20)7-12(10-22)8-16(18)21/h1-2,7-9,23H,3-6,11H2. The van der Waals surface area contributed by atoms with E-state index in [0.29, 0.717) is 13.2 Å². The fourth-order valence-corrected chi connectivity index (χ4v) is 3.12. The summed E-state index contributed by atoms with van der Waals surface area (Å²) in [4.78, 5) is 2.19. The molecule has 3 rings (SSSR count). The average Bonchev–Trinajstić information content (AvgIpc) is 2.62. The van der Waals surface area contributed by atoms with Crippen LogP contribution in [0.4, 0.5) is 20.2 Å². The number of nitriles is 1. The normalized spacial score (nSPS) is 14.2. The lowest BCUT2D eigenvalue weighted by Crippen LogP contribution is -2.37. The number of nitrogens with zero attached hydrogens (tertiary/aromatic N) is 2. The summed E-state index contributed by atoms with van der Waals surface area (Å²) in [6.45, 7) is 3.10. The van der Waals surface area contributed by atoms with Crippen molar-refractivity contribution in [2.45, 2.75) is 6.54 Å². The first-order valence-electron chi connectivity index (χ1n) is 7.82. The van der Waals surface area contributed by atoms with Crippen molar-refractivity contribution in [2.75, 3.05) is 36.5 Å². The van der Waals surface area contributed by atoms with E-state index in [-0.39, 0.29) is 17.8 Å². The van der Waals surface area contributed by atoms with Gasteiger partial charge >= 0.3 is 0 Å². The van der Waals surface area contributed by atoms with Crippen molar-refractivity contribution in [2.24, 2.45) is 0 Å². The number of ether oxygens (including phenoxy) is 1. The first-order chi connectivity index (χ1) is 12.1. The summed E-state index contributed by atoms with van der Waals surface area (Å²) in [7, 11) is 0. The Hall–Kier alpha value is -2.17. The van der Waals surface area contributed by atoms with Gasteiger partial charge in [0.15, 0.2) is 11.6 Å². The number of benzene rings is 2. The Morgan fingerprint density at radius 2 is 1.84 bits per heavy atom. The predicted molar refractivity (Wildman–Crippen MR) is 95.6 cm³/mol. The van der Waals surface area contributed by atoms with Crippen molar-refractivity contribution >= 4 is 27.3 Å². The maximum atomic E-state index is 14.0. The molecule has 1 aliphatic rings. The lowest BCUT2D eigenvalue weighted by molar-refractivity contribution is 0.122. The SMILES string of the molecule is N#Cc1cc(F)c(NCc2ccc(Br)cc2N2CCOCC2)c(F)c1. The molecule has 1 aliphatic heterocycles. The Balaban J connectivity index is 1.83. The van der Waals surface area contributed by atoms with Crippen LogP contribution in [0.5, 0.6) is 0 Å². The molecule has 7 heteroatoms. The van der Waals surface area contributed by atoms with Crippen LogP contribution in [0.1, 0.15) is 11.1 Å². The molecule has 0 amide bonds. The predicted octanol–water partition coefficient (Wildman–Crippen LogP) is 4.05. The van der Waals surface area contributed by atoms with Crippen LogP contribution < -0.4 is 10.2 Å². The Morgan fingerprint density at radius 1 is 1.16 bits per heavy atom. The molecule has 4 nitrogen and oxygen atoms in total. The molecule has 0 aliphatic carbocycles. The van der Waals surface area contributed by atoms with Crippen molar-refractivity contribution in [3.05, 3.63) is 57.6 Å². The topological polar surface area (TPSA) is 48.3 Å². The van der Waals surface area contributed by atoms with E-state index in [0.717, 1.165) is 40.9 Å². The molecule has 0 spiro atoms. The van der Waals surface area contributed by atoms with Crippen LogP contribution in [0, 0.1) is 23.0 Å². The Bertz CT molecular complexity index is 793. The average molecular weight is 408 g/mol. The number of anilines is 2. The largest absolute Gasteiger partial charge is 0.378 e. The molecule has 0 bridgehead atoms.